The van der Waals surface area contributed by atoms with Gasteiger partial charge in [0.05, 0.1) is 0 Å². The summed E-state index contributed by atoms with van der Waals surface area (Å²) in [5.74, 6) is 0.843. The van der Waals surface area contributed by atoms with Crippen molar-refractivity contribution < 1.29 is 0 Å². The molecule has 0 saturated heterocycles. The number of hydrogen-bond donors (Lipinski definition) is 0. The van der Waals surface area contributed by atoms with Gasteiger partial charge < -0.3 is 0 Å². The number of benzene rings is 1. The molecule has 0 spiro atoms. The van der Waals surface area contributed by atoms with E-state index in [9.17, 15) is 0 Å². The molecule has 0 aliphatic heterocycles. The van der Waals surface area contributed by atoms with E-state index in [0.717, 1.165) is 11.2 Å². The Morgan fingerprint density at radius 1 is 1.38 bits per heavy atom. The minimum atomic E-state index is 0.456. The van der Waals surface area contributed by atoms with Crippen molar-refractivity contribution in [2.24, 2.45) is 5.92 Å². The quantitative estimate of drug-likeness (QED) is 0.691. The molecule has 2 rings (SSSR count). The van der Waals surface area contributed by atoms with Crippen LogP contribution in [0.5, 0.6) is 0 Å². The average molecular weight is 239 g/mol. The van der Waals surface area contributed by atoms with E-state index in [1.807, 2.05) is 0 Å². The van der Waals surface area contributed by atoms with Gasteiger partial charge in [-0.05, 0) is 30.2 Å². The van der Waals surface area contributed by atoms with Crippen molar-refractivity contribution >= 4 is 15.9 Å². The minimum Gasteiger partial charge on any atom is -0.0925 e. The van der Waals surface area contributed by atoms with Crippen LogP contribution in [0.1, 0.15) is 24.5 Å². The first-order chi connectivity index (χ1) is 6.16. The summed E-state index contributed by atoms with van der Waals surface area (Å²) < 4.78 is 0. The van der Waals surface area contributed by atoms with Crippen molar-refractivity contribution in [3.63, 3.8) is 0 Å². The van der Waals surface area contributed by atoms with E-state index in [2.05, 4.69) is 54.0 Å². The second-order valence-corrected chi connectivity index (χ2v) is 4.99. The molecular weight excluding hydrogens is 224 g/mol. The standard InChI is InChI=1S/C12H15Br/c1-9-3-5-10(6-4-9)12(2)7-11(12)8-13/h3-6,11H,7-8H2,1-2H3. The smallest absolute Gasteiger partial charge is 0.00684 e. The van der Waals surface area contributed by atoms with E-state index in [4.69, 9.17) is 0 Å². The molecule has 1 aliphatic carbocycles. The number of aryl methyl sites for hydroxylation is 1. The van der Waals surface area contributed by atoms with Crippen LogP contribution in [0.15, 0.2) is 24.3 Å². The van der Waals surface area contributed by atoms with E-state index in [1.165, 1.54) is 17.5 Å². The molecule has 1 aromatic rings. The van der Waals surface area contributed by atoms with Crippen LogP contribution in [-0.2, 0) is 5.41 Å². The number of hydrogen-bond acceptors (Lipinski definition) is 0. The van der Waals surface area contributed by atoms with Crippen molar-refractivity contribution in [2.45, 2.75) is 25.7 Å². The highest BCUT2D eigenvalue weighted by atomic mass is 79.9. The van der Waals surface area contributed by atoms with E-state index < -0.39 is 0 Å². The van der Waals surface area contributed by atoms with Crippen LogP contribution >= 0.6 is 15.9 Å². The maximum atomic E-state index is 3.56. The maximum Gasteiger partial charge on any atom is 0.00684 e. The highest BCUT2D eigenvalue weighted by Gasteiger charge is 2.49. The SMILES string of the molecule is Cc1ccc(C2(C)CC2CBr)cc1. The Labute approximate surface area is 88.5 Å². The molecule has 0 amide bonds. The first-order valence-corrected chi connectivity index (χ1v) is 5.92. The van der Waals surface area contributed by atoms with Crippen molar-refractivity contribution in [2.75, 3.05) is 5.33 Å². The van der Waals surface area contributed by atoms with E-state index in [0.29, 0.717) is 5.41 Å². The van der Waals surface area contributed by atoms with Crippen LogP contribution in [0.2, 0.25) is 0 Å². The van der Waals surface area contributed by atoms with Crippen molar-refractivity contribution in [3.05, 3.63) is 35.4 Å². The van der Waals surface area contributed by atoms with Crippen LogP contribution in [0, 0.1) is 12.8 Å². The predicted molar refractivity (Wildman–Crippen MR) is 60.4 cm³/mol. The van der Waals surface area contributed by atoms with Gasteiger partial charge in [0.25, 0.3) is 0 Å². The molecular formula is C12H15Br. The van der Waals surface area contributed by atoms with Gasteiger partial charge >= 0.3 is 0 Å². The Balaban J connectivity index is 2.23. The monoisotopic (exact) mass is 238 g/mol. The van der Waals surface area contributed by atoms with Gasteiger partial charge in [0.2, 0.25) is 0 Å². The van der Waals surface area contributed by atoms with Gasteiger partial charge in [-0.25, -0.2) is 0 Å². The maximum absolute atomic E-state index is 3.56. The van der Waals surface area contributed by atoms with Crippen LogP contribution in [0.4, 0.5) is 0 Å². The van der Waals surface area contributed by atoms with Crippen LogP contribution in [0.25, 0.3) is 0 Å². The van der Waals surface area contributed by atoms with Gasteiger partial charge in [0, 0.05) is 5.33 Å². The van der Waals surface area contributed by atoms with Crippen molar-refractivity contribution in [1.29, 1.82) is 0 Å². The Bertz CT molecular complexity index is 301. The van der Waals surface area contributed by atoms with Gasteiger partial charge in [-0.3, -0.25) is 0 Å². The molecule has 0 bridgehead atoms. The fourth-order valence-electron chi connectivity index (χ4n) is 1.97. The fraction of sp³-hybridized carbons (Fsp3) is 0.500. The summed E-state index contributed by atoms with van der Waals surface area (Å²) in [5, 5.41) is 1.14. The highest BCUT2D eigenvalue weighted by Crippen LogP contribution is 2.54. The summed E-state index contributed by atoms with van der Waals surface area (Å²) >= 11 is 3.56. The lowest BCUT2D eigenvalue weighted by atomic mass is 9.95. The van der Waals surface area contributed by atoms with Crippen LogP contribution in [-0.4, -0.2) is 5.33 Å². The van der Waals surface area contributed by atoms with Gasteiger partial charge in [0.1, 0.15) is 0 Å². The second-order valence-electron chi connectivity index (χ2n) is 4.34. The second kappa shape index (κ2) is 3.13. The summed E-state index contributed by atoms with van der Waals surface area (Å²) in [4.78, 5) is 0. The molecule has 0 radical (unpaired) electrons. The molecule has 2 unspecified atom stereocenters. The minimum absolute atomic E-state index is 0.456. The molecule has 0 heterocycles. The van der Waals surface area contributed by atoms with Crippen molar-refractivity contribution in [1.82, 2.24) is 0 Å². The Kier molecular flexibility index (Phi) is 2.23. The van der Waals surface area contributed by atoms with Crippen molar-refractivity contribution in [3.8, 4) is 0 Å². The first-order valence-electron chi connectivity index (χ1n) is 4.80. The first kappa shape index (κ1) is 9.26. The fourth-order valence-corrected chi connectivity index (χ4v) is 2.91. The predicted octanol–water partition coefficient (Wildman–Crippen LogP) is 3.67. The lowest BCUT2D eigenvalue weighted by Gasteiger charge is -2.10. The molecule has 0 N–H and O–H groups in total. The van der Waals surface area contributed by atoms with E-state index in [1.54, 1.807) is 0 Å². The number of rotatable bonds is 2. The van der Waals surface area contributed by atoms with Gasteiger partial charge in [-0.1, -0.05) is 52.7 Å². The van der Waals surface area contributed by atoms with Gasteiger partial charge in [0.15, 0.2) is 0 Å². The number of halogens is 1. The summed E-state index contributed by atoms with van der Waals surface area (Å²) in [5.41, 5.74) is 3.31. The molecule has 70 valence electrons. The molecule has 13 heavy (non-hydrogen) atoms. The van der Waals surface area contributed by atoms with Gasteiger partial charge in [-0.2, -0.15) is 0 Å². The summed E-state index contributed by atoms with van der Waals surface area (Å²) in [7, 11) is 0. The third-order valence-electron chi connectivity index (χ3n) is 3.31. The number of alkyl halides is 1. The summed E-state index contributed by atoms with van der Waals surface area (Å²) in [6.07, 6.45) is 1.33. The third-order valence-corrected chi connectivity index (χ3v) is 4.09. The molecule has 1 aliphatic rings. The third kappa shape index (κ3) is 1.54. The van der Waals surface area contributed by atoms with E-state index >= 15 is 0 Å². The Morgan fingerprint density at radius 2 is 2.00 bits per heavy atom. The zero-order chi connectivity index (χ0) is 9.47. The topological polar surface area (TPSA) is 0 Å². The zero-order valence-corrected chi connectivity index (χ0v) is 9.76. The normalized spacial score (nSPS) is 31.8. The lowest BCUT2D eigenvalue weighted by molar-refractivity contribution is 0.710. The molecule has 0 aromatic heterocycles. The van der Waals surface area contributed by atoms with Crippen LogP contribution < -0.4 is 0 Å². The lowest BCUT2D eigenvalue weighted by Crippen LogP contribution is -2.04. The Morgan fingerprint density at radius 3 is 2.46 bits per heavy atom. The molecule has 2 atom stereocenters. The molecule has 1 aromatic carbocycles. The van der Waals surface area contributed by atoms with E-state index in [-0.39, 0.29) is 0 Å². The largest absolute Gasteiger partial charge is 0.0925 e. The summed E-state index contributed by atoms with van der Waals surface area (Å²) in [6.45, 7) is 4.50. The van der Waals surface area contributed by atoms with Crippen LogP contribution in [0.3, 0.4) is 0 Å². The highest BCUT2D eigenvalue weighted by molar-refractivity contribution is 9.09. The average Bonchev–Trinajstić information content (AvgIpc) is 2.80. The Hall–Kier alpha value is -0.300. The summed E-state index contributed by atoms with van der Waals surface area (Å²) in [6, 6.07) is 8.98. The molecule has 1 heteroatoms. The zero-order valence-electron chi connectivity index (χ0n) is 8.18. The molecule has 1 saturated carbocycles. The van der Waals surface area contributed by atoms with Gasteiger partial charge in [-0.15, -0.1) is 0 Å². The molecule has 1 fully saturated rings. The molecule has 0 nitrogen and oxygen atoms in total.